The van der Waals surface area contributed by atoms with Crippen LogP contribution in [0.4, 0.5) is 16.0 Å². The van der Waals surface area contributed by atoms with Crippen molar-refractivity contribution in [2.75, 3.05) is 10.6 Å². The number of anilines is 2. The van der Waals surface area contributed by atoms with E-state index in [1.54, 1.807) is 35.3 Å². The third-order valence-electron chi connectivity index (χ3n) is 5.79. The van der Waals surface area contributed by atoms with Crippen LogP contribution in [-0.2, 0) is 10.5 Å². The number of allylic oxidation sites excluding steroid dienone is 1. The Hall–Kier alpha value is -3.98. The number of fused-ring (bicyclic) bond motifs is 1. The molecule has 35 heavy (non-hydrogen) atoms. The average molecular weight is 487 g/mol. The zero-order chi connectivity index (χ0) is 24.4. The van der Waals surface area contributed by atoms with Crippen molar-refractivity contribution in [3.05, 3.63) is 107 Å². The molecule has 1 unspecified atom stereocenters. The van der Waals surface area contributed by atoms with Gasteiger partial charge in [-0.3, -0.25) is 9.78 Å². The summed E-state index contributed by atoms with van der Waals surface area (Å²) < 4.78 is 15.8. The van der Waals surface area contributed by atoms with Gasteiger partial charge in [0.2, 0.25) is 11.1 Å². The van der Waals surface area contributed by atoms with Crippen LogP contribution in [0.5, 0.6) is 0 Å². The second-order valence-electron chi connectivity index (χ2n) is 8.16. The third kappa shape index (κ3) is 4.67. The molecule has 5 rings (SSSR count). The number of hydrogen-bond acceptors (Lipinski definition) is 6. The summed E-state index contributed by atoms with van der Waals surface area (Å²) in [7, 11) is 0. The Morgan fingerprint density at radius 1 is 1.11 bits per heavy atom. The number of hydrogen-bond donors (Lipinski definition) is 2. The van der Waals surface area contributed by atoms with E-state index < -0.39 is 6.04 Å². The van der Waals surface area contributed by atoms with Crippen molar-refractivity contribution in [1.29, 1.82) is 0 Å². The number of carbonyl (C=O) groups is 1. The standard InChI is InChI=1S/C26H23FN6OS/c1-16-8-3-6-12-21(16)30-24(34)22-17(2)29-25-31-26(35-15-19-9-4-5-11-20(19)27)32-33(25)23(22)18-10-7-13-28-14-18/h3-14,23H,15H2,1-2H3,(H,30,34)(H,29,31,32). The van der Waals surface area contributed by atoms with Crippen molar-refractivity contribution in [3.8, 4) is 0 Å². The van der Waals surface area contributed by atoms with Gasteiger partial charge in [0.1, 0.15) is 11.9 Å². The Morgan fingerprint density at radius 3 is 2.69 bits per heavy atom. The average Bonchev–Trinajstić information content (AvgIpc) is 3.27. The van der Waals surface area contributed by atoms with E-state index in [-0.39, 0.29) is 11.7 Å². The van der Waals surface area contributed by atoms with Crippen molar-refractivity contribution < 1.29 is 9.18 Å². The molecule has 7 nitrogen and oxygen atoms in total. The van der Waals surface area contributed by atoms with Gasteiger partial charge in [0.15, 0.2) is 0 Å². The smallest absolute Gasteiger partial charge is 0.255 e. The Labute approximate surface area is 206 Å². The topological polar surface area (TPSA) is 84.7 Å². The van der Waals surface area contributed by atoms with Crippen LogP contribution in [0.2, 0.25) is 0 Å². The number of para-hydroxylation sites is 1. The van der Waals surface area contributed by atoms with Crippen LogP contribution in [0.1, 0.15) is 29.7 Å². The number of nitrogens with zero attached hydrogens (tertiary/aromatic N) is 4. The van der Waals surface area contributed by atoms with Crippen LogP contribution < -0.4 is 10.6 Å². The van der Waals surface area contributed by atoms with E-state index in [4.69, 9.17) is 0 Å². The highest BCUT2D eigenvalue weighted by atomic mass is 32.2. The number of aryl methyl sites for hydroxylation is 1. The van der Waals surface area contributed by atoms with Gasteiger partial charge in [0.05, 0.1) is 5.57 Å². The Bertz CT molecular complexity index is 1420. The first-order chi connectivity index (χ1) is 17.0. The fourth-order valence-electron chi connectivity index (χ4n) is 3.99. The molecule has 1 amide bonds. The first-order valence-electron chi connectivity index (χ1n) is 11.1. The number of halogens is 1. The van der Waals surface area contributed by atoms with E-state index in [9.17, 15) is 9.18 Å². The molecule has 1 aliphatic rings. The van der Waals surface area contributed by atoms with Crippen molar-refractivity contribution >= 4 is 29.3 Å². The zero-order valence-electron chi connectivity index (χ0n) is 19.2. The van der Waals surface area contributed by atoms with Gasteiger partial charge in [-0.1, -0.05) is 54.2 Å². The van der Waals surface area contributed by atoms with Gasteiger partial charge in [-0.2, -0.15) is 4.98 Å². The lowest BCUT2D eigenvalue weighted by atomic mass is 9.96. The normalized spacial score (nSPS) is 14.9. The molecule has 2 aromatic heterocycles. The van der Waals surface area contributed by atoms with Gasteiger partial charge in [0, 0.05) is 29.5 Å². The quantitative estimate of drug-likeness (QED) is 0.358. The monoisotopic (exact) mass is 486 g/mol. The predicted octanol–water partition coefficient (Wildman–Crippen LogP) is 5.34. The maximum absolute atomic E-state index is 14.1. The second-order valence-corrected chi connectivity index (χ2v) is 9.11. The molecule has 1 atom stereocenters. The minimum Gasteiger partial charge on any atom is -0.328 e. The van der Waals surface area contributed by atoms with Crippen LogP contribution in [0.3, 0.4) is 0 Å². The lowest BCUT2D eigenvalue weighted by molar-refractivity contribution is -0.113. The first-order valence-corrected chi connectivity index (χ1v) is 12.1. The molecular formula is C26H23FN6OS. The number of benzene rings is 2. The molecule has 0 fully saturated rings. The number of thioether (sulfide) groups is 1. The number of carbonyl (C=O) groups excluding carboxylic acids is 1. The largest absolute Gasteiger partial charge is 0.328 e. The van der Waals surface area contributed by atoms with Gasteiger partial charge in [-0.15, -0.1) is 5.10 Å². The fourth-order valence-corrected chi connectivity index (χ4v) is 4.81. The summed E-state index contributed by atoms with van der Waals surface area (Å²) >= 11 is 1.34. The number of nitrogens with one attached hydrogen (secondary N) is 2. The molecule has 0 aliphatic carbocycles. The molecule has 0 bridgehead atoms. The summed E-state index contributed by atoms with van der Waals surface area (Å²) in [6.45, 7) is 3.80. The summed E-state index contributed by atoms with van der Waals surface area (Å²) in [5.74, 6) is 0.406. The highest BCUT2D eigenvalue weighted by Crippen LogP contribution is 2.37. The van der Waals surface area contributed by atoms with Gasteiger partial charge in [-0.05, 0) is 48.7 Å². The molecule has 3 heterocycles. The Kier molecular flexibility index (Phi) is 6.33. The third-order valence-corrected chi connectivity index (χ3v) is 6.67. The zero-order valence-corrected chi connectivity index (χ0v) is 20.0. The van der Waals surface area contributed by atoms with Gasteiger partial charge >= 0.3 is 0 Å². The van der Waals surface area contributed by atoms with Crippen LogP contribution >= 0.6 is 11.8 Å². The lowest BCUT2D eigenvalue weighted by Crippen LogP contribution is -2.31. The van der Waals surface area contributed by atoms with Crippen molar-refractivity contribution in [1.82, 2.24) is 19.7 Å². The van der Waals surface area contributed by atoms with Crippen molar-refractivity contribution in [2.45, 2.75) is 30.8 Å². The van der Waals surface area contributed by atoms with E-state index in [1.165, 1.54) is 17.8 Å². The predicted molar refractivity (Wildman–Crippen MR) is 134 cm³/mol. The lowest BCUT2D eigenvalue weighted by Gasteiger charge is -2.28. The number of aromatic nitrogens is 4. The van der Waals surface area contributed by atoms with E-state index in [2.05, 4.69) is 25.7 Å². The van der Waals surface area contributed by atoms with E-state index in [0.29, 0.717) is 33.7 Å². The van der Waals surface area contributed by atoms with Crippen LogP contribution in [0.15, 0.2) is 89.5 Å². The molecule has 0 spiro atoms. The molecule has 0 saturated heterocycles. The second kappa shape index (κ2) is 9.71. The molecular weight excluding hydrogens is 463 g/mol. The number of amides is 1. The molecule has 2 aromatic carbocycles. The van der Waals surface area contributed by atoms with E-state index in [0.717, 1.165) is 16.8 Å². The molecule has 0 radical (unpaired) electrons. The van der Waals surface area contributed by atoms with Gasteiger partial charge in [-0.25, -0.2) is 9.07 Å². The SMILES string of the molecule is CC1=C(C(=O)Nc2ccccc2C)C(c2cccnc2)n2nc(SCc3ccccc3F)nc2N1. The minimum atomic E-state index is -0.528. The molecule has 1 aliphatic heterocycles. The summed E-state index contributed by atoms with van der Waals surface area (Å²) in [4.78, 5) is 22.4. The highest BCUT2D eigenvalue weighted by molar-refractivity contribution is 7.98. The molecule has 9 heteroatoms. The van der Waals surface area contributed by atoms with Gasteiger partial charge in [0.25, 0.3) is 5.91 Å². The Balaban J connectivity index is 1.49. The maximum atomic E-state index is 14.1. The summed E-state index contributed by atoms with van der Waals surface area (Å²) in [5.41, 5.74) is 4.29. The molecule has 176 valence electrons. The molecule has 4 aromatic rings. The molecule has 0 saturated carbocycles. The minimum absolute atomic E-state index is 0.236. The maximum Gasteiger partial charge on any atom is 0.255 e. The van der Waals surface area contributed by atoms with Crippen LogP contribution in [0.25, 0.3) is 0 Å². The van der Waals surface area contributed by atoms with Crippen molar-refractivity contribution in [2.24, 2.45) is 0 Å². The Morgan fingerprint density at radius 2 is 1.91 bits per heavy atom. The van der Waals surface area contributed by atoms with Gasteiger partial charge < -0.3 is 10.6 Å². The first kappa shape index (κ1) is 22.8. The van der Waals surface area contributed by atoms with E-state index >= 15 is 0 Å². The van der Waals surface area contributed by atoms with Crippen LogP contribution in [-0.4, -0.2) is 25.7 Å². The number of rotatable bonds is 6. The fraction of sp³-hybridized carbons (Fsp3) is 0.154. The highest BCUT2D eigenvalue weighted by Gasteiger charge is 2.34. The summed E-state index contributed by atoms with van der Waals surface area (Å²) in [6.07, 6.45) is 3.41. The van der Waals surface area contributed by atoms with Crippen LogP contribution in [0, 0.1) is 12.7 Å². The molecule has 2 N–H and O–H groups in total. The summed E-state index contributed by atoms with van der Waals surface area (Å²) in [6, 6.07) is 17.5. The number of pyridine rings is 1. The van der Waals surface area contributed by atoms with Crippen molar-refractivity contribution in [3.63, 3.8) is 0 Å². The summed E-state index contributed by atoms with van der Waals surface area (Å²) in [5, 5.41) is 11.4. The van der Waals surface area contributed by atoms with E-state index in [1.807, 2.05) is 50.2 Å².